The Kier molecular flexibility index (Phi) is 2.29. The Morgan fingerprint density at radius 3 is 2.68 bits per heavy atom. The van der Waals surface area contributed by atoms with Crippen LogP contribution in [0.1, 0.15) is 58.8 Å². The first-order valence-corrected chi connectivity index (χ1v) is 8.87. The van der Waals surface area contributed by atoms with Gasteiger partial charge in [-0.1, -0.05) is 19.4 Å². The van der Waals surface area contributed by atoms with Gasteiger partial charge in [0, 0.05) is 23.7 Å². The number of hydrogen-bond donors (Lipinski definition) is 0. The van der Waals surface area contributed by atoms with Crippen LogP contribution in [-0.4, -0.2) is 23.3 Å². The maximum Gasteiger partial charge on any atom is 0.155 e. The molecule has 3 saturated carbocycles. The van der Waals surface area contributed by atoms with Crippen molar-refractivity contribution in [3.63, 3.8) is 0 Å². The van der Waals surface area contributed by atoms with Crippen LogP contribution in [0.5, 0.6) is 0 Å². The van der Waals surface area contributed by atoms with Crippen molar-refractivity contribution in [2.75, 3.05) is 0 Å². The van der Waals surface area contributed by atoms with Crippen molar-refractivity contribution in [3.8, 4) is 0 Å². The van der Waals surface area contributed by atoms with Crippen molar-refractivity contribution in [3.05, 3.63) is 11.6 Å². The zero-order valence-electron chi connectivity index (χ0n) is 13.5. The van der Waals surface area contributed by atoms with Gasteiger partial charge in [0.05, 0.1) is 6.10 Å². The lowest BCUT2D eigenvalue weighted by atomic mass is 9.47. The highest BCUT2D eigenvalue weighted by molar-refractivity contribution is 5.92. The minimum Gasteiger partial charge on any atom is -0.365 e. The first kappa shape index (κ1) is 13.5. The molecule has 4 fully saturated rings. The number of rotatable bonds is 0. The Morgan fingerprint density at radius 2 is 1.86 bits per heavy atom. The lowest BCUT2D eigenvalue weighted by Gasteiger charge is -2.54. The molecule has 1 aliphatic heterocycles. The number of carbonyl (C=O) groups excluding carboxylic acids is 2. The van der Waals surface area contributed by atoms with Crippen molar-refractivity contribution >= 4 is 11.6 Å². The molecule has 5 aliphatic rings. The second-order valence-corrected chi connectivity index (χ2v) is 8.70. The van der Waals surface area contributed by atoms with Crippen LogP contribution in [-0.2, 0) is 14.3 Å². The Morgan fingerprint density at radius 1 is 1.09 bits per heavy atom. The van der Waals surface area contributed by atoms with Crippen molar-refractivity contribution in [1.29, 1.82) is 0 Å². The van der Waals surface area contributed by atoms with E-state index in [2.05, 4.69) is 13.8 Å². The van der Waals surface area contributed by atoms with E-state index in [0.29, 0.717) is 24.0 Å². The minimum absolute atomic E-state index is 0.0292. The van der Waals surface area contributed by atoms with E-state index in [1.807, 2.05) is 6.08 Å². The molecule has 1 saturated heterocycles. The van der Waals surface area contributed by atoms with Gasteiger partial charge in [-0.25, -0.2) is 0 Å². The third-order valence-corrected chi connectivity index (χ3v) is 8.04. The maximum atomic E-state index is 12.5. The molecule has 0 bridgehead atoms. The van der Waals surface area contributed by atoms with Crippen molar-refractivity contribution in [2.24, 2.45) is 22.7 Å². The molecule has 118 valence electrons. The summed E-state index contributed by atoms with van der Waals surface area (Å²) in [6.45, 7) is 4.52. The lowest BCUT2D eigenvalue weighted by Crippen LogP contribution is -2.57. The molecule has 5 rings (SSSR count). The highest BCUT2D eigenvalue weighted by atomic mass is 16.6. The molecule has 0 aromatic carbocycles. The molecule has 1 heterocycles. The SMILES string of the molecule is CC12C[C@H]3O[C@@]34C(CCC3=CC(=O)CCC34C)C1CCC2=O. The summed E-state index contributed by atoms with van der Waals surface area (Å²) in [7, 11) is 0. The van der Waals surface area contributed by atoms with Crippen LogP contribution in [0.15, 0.2) is 11.6 Å². The molecule has 0 aromatic rings. The monoisotopic (exact) mass is 300 g/mol. The first-order chi connectivity index (χ1) is 10.4. The van der Waals surface area contributed by atoms with Crippen molar-refractivity contribution in [1.82, 2.24) is 0 Å². The summed E-state index contributed by atoms with van der Waals surface area (Å²) in [6.07, 6.45) is 8.58. The highest BCUT2D eigenvalue weighted by Crippen LogP contribution is 2.74. The molecule has 0 aromatic heterocycles. The van der Waals surface area contributed by atoms with Crippen molar-refractivity contribution in [2.45, 2.75) is 70.5 Å². The van der Waals surface area contributed by atoms with Crippen LogP contribution in [0.3, 0.4) is 0 Å². The quantitative estimate of drug-likeness (QED) is 0.645. The van der Waals surface area contributed by atoms with Gasteiger partial charge in [-0.05, 0) is 50.0 Å². The molecular formula is C19H24O3. The third-order valence-electron chi connectivity index (χ3n) is 8.04. The van der Waals surface area contributed by atoms with Gasteiger partial charge in [0.1, 0.15) is 11.4 Å². The van der Waals surface area contributed by atoms with Gasteiger partial charge in [-0.2, -0.15) is 0 Å². The number of ether oxygens (including phenoxy) is 1. The summed E-state index contributed by atoms with van der Waals surface area (Å²) >= 11 is 0. The zero-order valence-corrected chi connectivity index (χ0v) is 13.5. The minimum atomic E-state index is -0.141. The standard InChI is InChI=1S/C19H24O3/c1-17-10-16-19(22-16)14(13(17)5-6-15(17)21)4-3-11-9-12(20)7-8-18(11,19)2/h9,13-14,16H,3-8,10H2,1-2H3/t13?,14?,16-,17?,18?,19+/m1/s1. The average molecular weight is 300 g/mol. The van der Waals surface area contributed by atoms with E-state index >= 15 is 0 Å². The molecule has 4 aliphatic carbocycles. The zero-order chi connectivity index (χ0) is 15.3. The summed E-state index contributed by atoms with van der Waals surface area (Å²) in [6, 6.07) is 0. The molecule has 22 heavy (non-hydrogen) atoms. The summed E-state index contributed by atoms with van der Waals surface area (Å²) in [5.41, 5.74) is 1.15. The Bertz CT molecular complexity index is 635. The van der Waals surface area contributed by atoms with Gasteiger partial charge in [-0.15, -0.1) is 0 Å². The van der Waals surface area contributed by atoms with E-state index in [0.717, 1.165) is 38.5 Å². The van der Waals surface area contributed by atoms with Gasteiger partial charge in [0.2, 0.25) is 0 Å². The Labute approximate surface area is 131 Å². The normalized spacial score (nSPS) is 55.7. The first-order valence-electron chi connectivity index (χ1n) is 8.87. The summed E-state index contributed by atoms with van der Waals surface area (Å²) in [4.78, 5) is 24.3. The molecule has 4 unspecified atom stereocenters. The number of carbonyl (C=O) groups is 2. The number of hydrogen-bond acceptors (Lipinski definition) is 3. The van der Waals surface area contributed by atoms with E-state index in [1.54, 1.807) is 0 Å². The number of Topliss-reactive ketones (excluding diaryl/α,β-unsaturated/α-hetero) is 1. The fraction of sp³-hybridized carbons (Fsp3) is 0.789. The Hall–Kier alpha value is -0.960. The molecule has 1 spiro atoms. The van der Waals surface area contributed by atoms with Crippen LogP contribution in [0.4, 0.5) is 0 Å². The number of ketones is 2. The van der Waals surface area contributed by atoms with E-state index < -0.39 is 0 Å². The van der Waals surface area contributed by atoms with Gasteiger partial charge >= 0.3 is 0 Å². The second-order valence-electron chi connectivity index (χ2n) is 8.70. The predicted molar refractivity (Wildman–Crippen MR) is 81.2 cm³/mol. The van der Waals surface area contributed by atoms with E-state index in [1.165, 1.54) is 5.57 Å². The average Bonchev–Trinajstić information content (AvgIpc) is 3.12. The van der Waals surface area contributed by atoms with Gasteiger partial charge < -0.3 is 4.74 Å². The summed E-state index contributed by atoms with van der Waals surface area (Å²) in [5.74, 6) is 1.76. The topological polar surface area (TPSA) is 46.7 Å². The van der Waals surface area contributed by atoms with Crippen LogP contribution < -0.4 is 0 Å². The molecule has 3 nitrogen and oxygen atoms in total. The summed E-state index contributed by atoms with van der Waals surface area (Å²) in [5, 5.41) is 0. The fourth-order valence-corrected chi connectivity index (χ4v) is 6.79. The molecule has 0 amide bonds. The van der Waals surface area contributed by atoms with Gasteiger partial charge in [0.15, 0.2) is 5.78 Å². The van der Waals surface area contributed by atoms with Gasteiger partial charge in [0.25, 0.3) is 0 Å². The molecular weight excluding hydrogens is 276 g/mol. The summed E-state index contributed by atoms with van der Waals surface area (Å²) < 4.78 is 6.42. The second kappa shape index (κ2) is 3.75. The number of epoxide rings is 1. The fourth-order valence-electron chi connectivity index (χ4n) is 6.79. The van der Waals surface area contributed by atoms with Crippen molar-refractivity contribution < 1.29 is 14.3 Å². The number of fused-ring (bicyclic) bond motifs is 3. The Balaban J connectivity index is 1.61. The lowest BCUT2D eigenvalue weighted by molar-refractivity contribution is -0.130. The van der Waals surface area contributed by atoms with Gasteiger partial charge in [-0.3, -0.25) is 9.59 Å². The molecule has 0 radical (unpaired) electrons. The molecule has 0 N–H and O–H groups in total. The van der Waals surface area contributed by atoms with Crippen LogP contribution in [0, 0.1) is 22.7 Å². The van der Waals surface area contributed by atoms with Crippen LogP contribution in [0.2, 0.25) is 0 Å². The van der Waals surface area contributed by atoms with Crippen LogP contribution >= 0.6 is 0 Å². The third kappa shape index (κ3) is 1.26. The van der Waals surface area contributed by atoms with E-state index in [-0.39, 0.29) is 28.3 Å². The molecule has 6 atom stereocenters. The van der Waals surface area contributed by atoms with E-state index in [4.69, 9.17) is 4.74 Å². The molecule has 3 heteroatoms. The predicted octanol–water partition coefficient (Wildman–Crippen LogP) is 3.22. The van der Waals surface area contributed by atoms with E-state index in [9.17, 15) is 9.59 Å². The maximum absolute atomic E-state index is 12.5. The smallest absolute Gasteiger partial charge is 0.155 e. The highest BCUT2D eigenvalue weighted by Gasteiger charge is 2.79. The largest absolute Gasteiger partial charge is 0.365 e. The van der Waals surface area contributed by atoms with Crippen LogP contribution in [0.25, 0.3) is 0 Å².